The van der Waals surface area contributed by atoms with Gasteiger partial charge in [-0.25, -0.2) is 4.79 Å². The van der Waals surface area contributed by atoms with Gasteiger partial charge in [-0.2, -0.15) is 0 Å². The molecule has 0 saturated heterocycles. The van der Waals surface area contributed by atoms with Gasteiger partial charge in [0, 0.05) is 10.6 Å². The fourth-order valence-corrected chi connectivity index (χ4v) is 2.66. The van der Waals surface area contributed by atoms with E-state index < -0.39 is 5.97 Å². The van der Waals surface area contributed by atoms with Crippen LogP contribution in [0, 0.1) is 0 Å². The number of hydrogen-bond donors (Lipinski definition) is 0. The van der Waals surface area contributed by atoms with Gasteiger partial charge in [-0.15, -0.1) is 0 Å². The SMILES string of the molecule is O=C(C=Cc1ccc(OC(=O)c2ccccc2Cl)cc1)c1ccc(Cl)cc1. The van der Waals surface area contributed by atoms with Gasteiger partial charge in [0.2, 0.25) is 0 Å². The van der Waals surface area contributed by atoms with Crippen molar-refractivity contribution in [3.63, 3.8) is 0 Å². The molecule has 0 fully saturated rings. The van der Waals surface area contributed by atoms with Gasteiger partial charge in [0.15, 0.2) is 5.78 Å². The Morgan fingerprint density at radius 3 is 2.15 bits per heavy atom. The first-order valence-electron chi connectivity index (χ1n) is 8.08. The van der Waals surface area contributed by atoms with Crippen LogP contribution >= 0.6 is 23.2 Å². The summed E-state index contributed by atoms with van der Waals surface area (Å²) in [6, 6.07) is 20.2. The second-order valence-electron chi connectivity index (χ2n) is 5.64. The molecule has 3 rings (SSSR count). The molecule has 0 spiro atoms. The van der Waals surface area contributed by atoms with Crippen LogP contribution in [0.3, 0.4) is 0 Å². The maximum atomic E-state index is 12.1. The third-order valence-electron chi connectivity index (χ3n) is 3.74. The summed E-state index contributed by atoms with van der Waals surface area (Å²) < 4.78 is 5.32. The lowest BCUT2D eigenvalue weighted by atomic mass is 10.1. The molecule has 5 heteroatoms. The van der Waals surface area contributed by atoms with Crippen molar-refractivity contribution in [1.29, 1.82) is 0 Å². The van der Waals surface area contributed by atoms with Crippen LogP contribution in [0.15, 0.2) is 78.9 Å². The first-order chi connectivity index (χ1) is 13.0. The summed E-state index contributed by atoms with van der Waals surface area (Å²) in [6.07, 6.45) is 3.17. The standard InChI is InChI=1S/C22H14Cl2O3/c23-17-10-8-16(9-11-17)21(25)14-7-15-5-12-18(13-6-15)27-22(26)19-3-1-2-4-20(19)24/h1-14H. The Balaban J connectivity index is 1.65. The van der Waals surface area contributed by atoms with Crippen molar-refractivity contribution in [2.75, 3.05) is 0 Å². The van der Waals surface area contributed by atoms with Crippen LogP contribution in [-0.4, -0.2) is 11.8 Å². The van der Waals surface area contributed by atoms with E-state index in [0.717, 1.165) is 5.56 Å². The van der Waals surface area contributed by atoms with Gasteiger partial charge < -0.3 is 4.74 Å². The second-order valence-corrected chi connectivity index (χ2v) is 6.49. The smallest absolute Gasteiger partial charge is 0.345 e. The predicted octanol–water partition coefficient (Wildman–Crippen LogP) is 6.11. The van der Waals surface area contributed by atoms with Crippen LogP contribution in [0.5, 0.6) is 5.75 Å². The minimum absolute atomic E-state index is 0.124. The van der Waals surface area contributed by atoms with E-state index in [1.807, 2.05) is 0 Å². The molecule has 3 aromatic rings. The summed E-state index contributed by atoms with van der Waals surface area (Å²) in [5, 5.41) is 0.917. The number of allylic oxidation sites excluding steroid dienone is 1. The Bertz CT molecular complexity index is 991. The highest BCUT2D eigenvalue weighted by Gasteiger charge is 2.11. The highest BCUT2D eigenvalue weighted by molar-refractivity contribution is 6.33. The number of halogens is 2. The zero-order valence-corrected chi connectivity index (χ0v) is 15.6. The van der Waals surface area contributed by atoms with Gasteiger partial charge >= 0.3 is 5.97 Å². The summed E-state index contributed by atoms with van der Waals surface area (Å²) in [5.74, 6) is -0.260. The van der Waals surface area contributed by atoms with Crippen LogP contribution < -0.4 is 4.74 Å². The fraction of sp³-hybridized carbons (Fsp3) is 0. The number of esters is 1. The van der Waals surface area contributed by atoms with Crippen molar-refractivity contribution in [3.8, 4) is 5.75 Å². The zero-order valence-electron chi connectivity index (χ0n) is 14.1. The molecule has 0 aliphatic rings. The summed E-state index contributed by atoms with van der Waals surface area (Å²) in [4.78, 5) is 24.3. The first kappa shape index (κ1) is 18.9. The van der Waals surface area contributed by atoms with Crippen molar-refractivity contribution < 1.29 is 14.3 Å². The molecule has 0 radical (unpaired) electrons. The summed E-state index contributed by atoms with van der Waals surface area (Å²) in [6.45, 7) is 0. The monoisotopic (exact) mass is 396 g/mol. The molecule has 0 amide bonds. The van der Waals surface area contributed by atoms with E-state index >= 15 is 0 Å². The number of hydrogen-bond acceptors (Lipinski definition) is 3. The van der Waals surface area contributed by atoms with Crippen LogP contribution in [0.4, 0.5) is 0 Å². The highest BCUT2D eigenvalue weighted by atomic mass is 35.5. The Hall–Kier alpha value is -2.88. The molecule has 0 aromatic heterocycles. The topological polar surface area (TPSA) is 43.4 Å². The van der Waals surface area contributed by atoms with Gasteiger partial charge in [0.05, 0.1) is 10.6 Å². The van der Waals surface area contributed by atoms with Crippen molar-refractivity contribution in [2.24, 2.45) is 0 Å². The lowest BCUT2D eigenvalue weighted by Crippen LogP contribution is -2.08. The zero-order chi connectivity index (χ0) is 19.2. The van der Waals surface area contributed by atoms with Crippen molar-refractivity contribution in [3.05, 3.63) is 106 Å². The van der Waals surface area contributed by atoms with Crippen molar-refractivity contribution in [1.82, 2.24) is 0 Å². The maximum Gasteiger partial charge on any atom is 0.345 e. The summed E-state index contributed by atoms with van der Waals surface area (Å²) >= 11 is 11.8. The minimum atomic E-state index is -0.526. The average molecular weight is 397 g/mol. The molecule has 134 valence electrons. The van der Waals surface area contributed by atoms with Crippen LogP contribution in [0.1, 0.15) is 26.3 Å². The lowest BCUT2D eigenvalue weighted by molar-refractivity contribution is 0.0734. The maximum absolute atomic E-state index is 12.1. The molecule has 0 heterocycles. The number of rotatable bonds is 5. The molecule has 0 saturated carbocycles. The van der Waals surface area contributed by atoms with Crippen LogP contribution in [0.2, 0.25) is 10.0 Å². The minimum Gasteiger partial charge on any atom is -0.423 e. The van der Waals surface area contributed by atoms with Crippen LogP contribution in [0.25, 0.3) is 6.08 Å². The second kappa shape index (κ2) is 8.67. The third-order valence-corrected chi connectivity index (χ3v) is 4.32. The summed E-state index contributed by atoms with van der Waals surface area (Å²) in [5.41, 5.74) is 1.66. The highest BCUT2D eigenvalue weighted by Crippen LogP contribution is 2.19. The van der Waals surface area contributed by atoms with E-state index in [1.54, 1.807) is 78.9 Å². The van der Waals surface area contributed by atoms with E-state index in [-0.39, 0.29) is 5.78 Å². The van der Waals surface area contributed by atoms with Crippen LogP contribution in [-0.2, 0) is 0 Å². The molecule has 0 N–H and O–H groups in total. The van der Waals surface area contributed by atoms with Gasteiger partial charge in [-0.1, -0.05) is 53.5 Å². The number of carbonyl (C=O) groups is 2. The van der Waals surface area contributed by atoms with Gasteiger partial charge in [-0.3, -0.25) is 4.79 Å². The molecule has 3 nitrogen and oxygen atoms in total. The normalized spacial score (nSPS) is 10.7. The first-order valence-corrected chi connectivity index (χ1v) is 8.83. The molecule has 0 atom stereocenters. The van der Waals surface area contributed by atoms with Gasteiger partial charge in [0.1, 0.15) is 5.75 Å². The molecule has 0 aliphatic heterocycles. The molecule has 0 unspecified atom stereocenters. The Morgan fingerprint density at radius 1 is 0.815 bits per heavy atom. The van der Waals surface area contributed by atoms with E-state index in [1.165, 1.54) is 6.08 Å². The quantitative estimate of drug-likeness (QED) is 0.226. The number of benzene rings is 3. The molecule has 3 aromatic carbocycles. The lowest BCUT2D eigenvalue weighted by Gasteiger charge is -2.06. The van der Waals surface area contributed by atoms with Crippen molar-refractivity contribution >= 4 is 41.0 Å². The number of ether oxygens (including phenoxy) is 1. The van der Waals surface area contributed by atoms with Gasteiger partial charge in [-0.05, 0) is 60.2 Å². The Labute approximate surface area is 166 Å². The predicted molar refractivity (Wildman–Crippen MR) is 108 cm³/mol. The largest absolute Gasteiger partial charge is 0.423 e. The molecule has 27 heavy (non-hydrogen) atoms. The number of ketones is 1. The molecule has 0 aliphatic carbocycles. The molecule has 0 bridgehead atoms. The average Bonchev–Trinajstić information content (AvgIpc) is 2.68. The van der Waals surface area contributed by atoms with E-state index in [0.29, 0.717) is 26.9 Å². The third kappa shape index (κ3) is 5.07. The summed E-state index contributed by atoms with van der Waals surface area (Å²) in [7, 11) is 0. The van der Waals surface area contributed by atoms with E-state index in [9.17, 15) is 9.59 Å². The van der Waals surface area contributed by atoms with E-state index in [2.05, 4.69) is 0 Å². The van der Waals surface area contributed by atoms with E-state index in [4.69, 9.17) is 27.9 Å². The van der Waals surface area contributed by atoms with Gasteiger partial charge in [0.25, 0.3) is 0 Å². The Kier molecular flexibility index (Phi) is 6.07. The molecular formula is C22H14Cl2O3. The van der Waals surface area contributed by atoms with Crippen molar-refractivity contribution in [2.45, 2.75) is 0 Å². The fourth-order valence-electron chi connectivity index (χ4n) is 2.32. The Morgan fingerprint density at radius 2 is 1.48 bits per heavy atom. The number of carbonyl (C=O) groups excluding carboxylic acids is 2. The molecular weight excluding hydrogens is 383 g/mol.